The van der Waals surface area contributed by atoms with Crippen molar-refractivity contribution in [2.45, 2.75) is 64.3 Å². The van der Waals surface area contributed by atoms with Crippen LogP contribution in [0.4, 0.5) is 0 Å². The van der Waals surface area contributed by atoms with E-state index in [1.807, 2.05) is 39.8 Å². The summed E-state index contributed by atoms with van der Waals surface area (Å²) in [5.41, 5.74) is 0.614. The Labute approximate surface area is 151 Å². The number of carbonyl (C=O) groups excluding carboxylic acids is 1. The summed E-state index contributed by atoms with van der Waals surface area (Å²) in [6, 6.07) is 7.09. The minimum atomic E-state index is -3.42. The van der Waals surface area contributed by atoms with Gasteiger partial charge in [-0.25, -0.2) is 8.42 Å². The summed E-state index contributed by atoms with van der Waals surface area (Å²) in [6.07, 6.45) is 3.62. The van der Waals surface area contributed by atoms with Gasteiger partial charge >= 0.3 is 0 Å². The van der Waals surface area contributed by atoms with Gasteiger partial charge in [0, 0.05) is 24.5 Å². The fourth-order valence-electron chi connectivity index (χ4n) is 2.98. The predicted molar refractivity (Wildman–Crippen MR) is 99.8 cm³/mol. The Morgan fingerprint density at radius 1 is 1.20 bits per heavy atom. The zero-order chi connectivity index (χ0) is 18.7. The minimum absolute atomic E-state index is 0.0192. The zero-order valence-electron chi connectivity index (χ0n) is 15.7. The number of hydrogen-bond acceptors (Lipinski definition) is 3. The molecule has 5 nitrogen and oxygen atoms in total. The molecule has 6 heteroatoms. The summed E-state index contributed by atoms with van der Waals surface area (Å²) in [5.74, 6) is 0.0192. The first-order valence-corrected chi connectivity index (χ1v) is 10.5. The van der Waals surface area contributed by atoms with Crippen LogP contribution in [0.1, 0.15) is 52.5 Å². The van der Waals surface area contributed by atoms with Crippen molar-refractivity contribution < 1.29 is 13.2 Å². The number of benzene rings is 1. The lowest BCUT2D eigenvalue weighted by Gasteiger charge is -2.32. The van der Waals surface area contributed by atoms with Crippen LogP contribution >= 0.6 is 0 Å². The average molecular weight is 367 g/mol. The molecule has 0 aromatic heterocycles. The van der Waals surface area contributed by atoms with Gasteiger partial charge in [-0.2, -0.15) is 4.31 Å². The number of nitrogens with zero attached hydrogens (tertiary/aromatic N) is 1. The van der Waals surface area contributed by atoms with Crippen LogP contribution in [0.25, 0.3) is 0 Å². The molecule has 0 radical (unpaired) electrons. The largest absolute Gasteiger partial charge is 0.355 e. The first kappa shape index (κ1) is 19.9. The van der Waals surface area contributed by atoms with Gasteiger partial charge in [-0.05, 0) is 43.9 Å². The molecule has 1 heterocycles. The Bertz CT molecular complexity index is 690. The number of piperidine rings is 1. The molecule has 25 heavy (non-hydrogen) atoms. The quantitative estimate of drug-likeness (QED) is 0.871. The molecule has 1 fully saturated rings. The summed E-state index contributed by atoms with van der Waals surface area (Å²) < 4.78 is 27.2. The smallest absolute Gasteiger partial charge is 0.243 e. The summed E-state index contributed by atoms with van der Waals surface area (Å²) in [4.78, 5) is 12.2. The van der Waals surface area contributed by atoms with Gasteiger partial charge in [-0.3, -0.25) is 4.79 Å². The third-order valence-corrected chi connectivity index (χ3v) is 6.68. The average Bonchev–Trinajstić information content (AvgIpc) is 2.54. The van der Waals surface area contributed by atoms with Crippen molar-refractivity contribution in [1.29, 1.82) is 0 Å². The second-order valence-electron chi connectivity index (χ2n) is 7.86. The molecule has 0 spiro atoms. The first-order valence-electron chi connectivity index (χ1n) is 9.01. The van der Waals surface area contributed by atoms with E-state index >= 15 is 0 Å². The highest BCUT2D eigenvalue weighted by atomic mass is 32.2. The summed E-state index contributed by atoms with van der Waals surface area (Å²) in [7, 11) is -3.42. The van der Waals surface area contributed by atoms with Crippen molar-refractivity contribution in [3.63, 3.8) is 0 Å². The second kappa shape index (κ2) is 7.87. The van der Waals surface area contributed by atoms with E-state index in [2.05, 4.69) is 5.32 Å². The van der Waals surface area contributed by atoms with Gasteiger partial charge in [0.05, 0.1) is 4.90 Å². The summed E-state index contributed by atoms with van der Waals surface area (Å²) >= 11 is 0. The fraction of sp³-hybridized carbons (Fsp3) is 0.632. The minimum Gasteiger partial charge on any atom is -0.355 e. The molecule has 0 aliphatic carbocycles. The van der Waals surface area contributed by atoms with E-state index in [-0.39, 0.29) is 11.9 Å². The van der Waals surface area contributed by atoms with Crippen LogP contribution in [0.3, 0.4) is 0 Å². The molecule has 1 aromatic rings. The third kappa shape index (κ3) is 5.05. The van der Waals surface area contributed by atoms with E-state index in [1.54, 1.807) is 16.4 Å². The molecule has 1 aliphatic heterocycles. The Hall–Kier alpha value is -1.40. The van der Waals surface area contributed by atoms with E-state index in [0.717, 1.165) is 24.8 Å². The van der Waals surface area contributed by atoms with Crippen molar-refractivity contribution >= 4 is 15.9 Å². The highest BCUT2D eigenvalue weighted by Gasteiger charge is 2.30. The number of amides is 1. The standard InChI is InChI=1S/C19H30N2O3S/c1-15-7-5-6-14-21(15)25(23,24)17-10-8-16(9-11-17)12-13-20-18(22)19(2,3)4/h8-11,15H,5-7,12-14H2,1-4H3,(H,20,22). The highest BCUT2D eigenvalue weighted by Crippen LogP contribution is 2.25. The monoisotopic (exact) mass is 366 g/mol. The fourth-order valence-corrected chi connectivity index (χ4v) is 4.68. The van der Waals surface area contributed by atoms with Crippen molar-refractivity contribution in [2.24, 2.45) is 5.41 Å². The van der Waals surface area contributed by atoms with Crippen LogP contribution < -0.4 is 5.32 Å². The van der Waals surface area contributed by atoms with Crippen molar-refractivity contribution in [1.82, 2.24) is 9.62 Å². The third-order valence-electron chi connectivity index (χ3n) is 4.65. The van der Waals surface area contributed by atoms with Crippen molar-refractivity contribution in [3.8, 4) is 0 Å². The maximum absolute atomic E-state index is 12.8. The SMILES string of the molecule is CC1CCCCN1S(=O)(=O)c1ccc(CCNC(=O)C(C)(C)C)cc1. The van der Waals surface area contributed by atoms with Crippen LogP contribution in [0, 0.1) is 5.41 Å². The highest BCUT2D eigenvalue weighted by molar-refractivity contribution is 7.89. The molecular weight excluding hydrogens is 336 g/mol. The molecule has 1 N–H and O–H groups in total. The van der Waals surface area contributed by atoms with Gasteiger partial charge in [-0.15, -0.1) is 0 Å². The predicted octanol–water partition coefficient (Wildman–Crippen LogP) is 2.95. The molecule has 1 aromatic carbocycles. The molecule has 1 saturated heterocycles. The number of hydrogen-bond donors (Lipinski definition) is 1. The van der Waals surface area contributed by atoms with Gasteiger partial charge in [0.15, 0.2) is 0 Å². The normalized spacial score (nSPS) is 19.6. The maximum atomic E-state index is 12.8. The van der Waals surface area contributed by atoms with Crippen LogP contribution in [0.5, 0.6) is 0 Å². The van der Waals surface area contributed by atoms with Gasteiger partial charge in [0.25, 0.3) is 0 Å². The molecule has 1 unspecified atom stereocenters. The van der Waals surface area contributed by atoms with Gasteiger partial charge in [-0.1, -0.05) is 39.3 Å². The zero-order valence-corrected chi connectivity index (χ0v) is 16.5. The molecule has 0 saturated carbocycles. The van der Waals surface area contributed by atoms with Crippen LogP contribution in [-0.4, -0.2) is 37.8 Å². The second-order valence-corrected chi connectivity index (χ2v) is 9.75. The summed E-state index contributed by atoms with van der Waals surface area (Å²) in [6.45, 7) is 8.76. The van der Waals surface area contributed by atoms with E-state index < -0.39 is 15.4 Å². The maximum Gasteiger partial charge on any atom is 0.243 e. The van der Waals surface area contributed by atoms with Crippen molar-refractivity contribution in [2.75, 3.05) is 13.1 Å². The Morgan fingerprint density at radius 2 is 1.84 bits per heavy atom. The molecule has 1 atom stereocenters. The number of rotatable bonds is 5. The lowest BCUT2D eigenvalue weighted by Crippen LogP contribution is -2.41. The summed E-state index contributed by atoms with van der Waals surface area (Å²) in [5, 5.41) is 2.91. The number of nitrogens with one attached hydrogen (secondary N) is 1. The molecule has 1 amide bonds. The Kier molecular flexibility index (Phi) is 6.27. The van der Waals surface area contributed by atoms with E-state index in [4.69, 9.17) is 0 Å². The molecular formula is C19H30N2O3S. The first-order chi connectivity index (χ1) is 11.6. The van der Waals surface area contributed by atoms with E-state index in [1.165, 1.54) is 0 Å². The Morgan fingerprint density at radius 3 is 2.40 bits per heavy atom. The van der Waals surface area contributed by atoms with Gasteiger partial charge in [0.1, 0.15) is 0 Å². The molecule has 1 aliphatic rings. The van der Waals surface area contributed by atoms with E-state index in [9.17, 15) is 13.2 Å². The van der Waals surface area contributed by atoms with Crippen LogP contribution in [0.2, 0.25) is 0 Å². The van der Waals surface area contributed by atoms with Crippen LogP contribution in [-0.2, 0) is 21.2 Å². The van der Waals surface area contributed by atoms with Gasteiger partial charge in [0.2, 0.25) is 15.9 Å². The topological polar surface area (TPSA) is 66.5 Å². The molecule has 2 rings (SSSR count). The Balaban J connectivity index is 1.98. The number of carbonyl (C=O) groups is 1. The number of sulfonamides is 1. The molecule has 140 valence electrons. The molecule has 0 bridgehead atoms. The van der Waals surface area contributed by atoms with Crippen LogP contribution in [0.15, 0.2) is 29.2 Å². The van der Waals surface area contributed by atoms with E-state index in [0.29, 0.717) is 24.4 Å². The lowest BCUT2D eigenvalue weighted by atomic mass is 9.95. The van der Waals surface area contributed by atoms with Crippen molar-refractivity contribution in [3.05, 3.63) is 29.8 Å². The van der Waals surface area contributed by atoms with Gasteiger partial charge < -0.3 is 5.32 Å². The lowest BCUT2D eigenvalue weighted by molar-refractivity contribution is -0.128.